The lowest BCUT2D eigenvalue weighted by Gasteiger charge is -2.19. The van der Waals surface area contributed by atoms with Crippen LogP contribution >= 0.6 is 0 Å². The summed E-state index contributed by atoms with van der Waals surface area (Å²) in [6, 6.07) is 16.2. The number of anilines is 2. The van der Waals surface area contributed by atoms with Crippen LogP contribution in [-0.2, 0) is 16.6 Å². The van der Waals surface area contributed by atoms with Gasteiger partial charge in [0, 0.05) is 11.4 Å². The van der Waals surface area contributed by atoms with Crippen molar-refractivity contribution in [3.05, 3.63) is 59.7 Å². The third-order valence-electron chi connectivity index (χ3n) is 3.85. The van der Waals surface area contributed by atoms with Gasteiger partial charge >= 0.3 is 0 Å². The summed E-state index contributed by atoms with van der Waals surface area (Å²) in [6.07, 6.45) is 1.02. The molecule has 0 aliphatic heterocycles. The zero-order valence-electron chi connectivity index (χ0n) is 14.4. The summed E-state index contributed by atoms with van der Waals surface area (Å²) in [4.78, 5) is 12.0. The molecule has 0 bridgehead atoms. The van der Waals surface area contributed by atoms with E-state index in [1.54, 1.807) is 0 Å². The zero-order chi connectivity index (χ0) is 16.9. The van der Waals surface area contributed by atoms with Crippen molar-refractivity contribution in [2.75, 3.05) is 17.2 Å². The monoisotopic (exact) mass is 310 g/mol. The maximum Gasteiger partial charge on any atom is 0.243 e. The summed E-state index contributed by atoms with van der Waals surface area (Å²) in [7, 11) is 0. The number of hydrogen-bond donors (Lipinski definition) is 2. The van der Waals surface area contributed by atoms with E-state index in [4.69, 9.17) is 0 Å². The molecule has 0 atom stereocenters. The predicted octanol–water partition coefficient (Wildman–Crippen LogP) is 4.60. The second-order valence-electron chi connectivity index (χ2n) is 6.78. The molecular formula is C20H26N2O. The molecule has 0 unspecified atom stereocenters. The largest absolute Gasteiger partial charge is 0.376 e. The van der Waals surface area contributed by atoms with Gasteiger partial charge in [-0.1, -0.05) is 52.0 Å². The summed E-state index contributed by atoms with van der Waals surface area (Å²) in [6.45, 7) is 8.91. The third-order valence-corrected chi connectivity index (χ3v) is 3.85. The van der Waals surface area contributed by atoms with Gasteiger partial charge in [0.05, 0.1) is 6.54 Å². The maximum absolute atomic E-state index is 12.0. The molecule has 23 heavy (non-hydrogen) atoms. The van der Waals surface area contributed by atoms with E-state index in [1.165, 1.54) is 11.1 Å². The lowest BCUT2D eigenvalue weighted by molar-refractivity contribution is -0.114. The van der Waals surface area contributed by atoms with Gasteiger partial charge in [-0.25, -0.2) is 0 Å². The van der Waals surface area contributed by atoms with E-state index in [0.717, 1.165) is 17.8 Å². The molecule has 0 fully saturated rings. The highest BCUT2D eigenvalue weighted by atomic mass is 16.1. The molecule has 0 heterocycles. The fourth-order valence-corrected chi connectivity index (χ4v) is 2.30. The fourth-order valence-electron chi connectivity index (χ4n) is 2.30. The molecule has 0 saturated heterocycles. The summed E-state index contributed by atoms with van der Waals surface area (Å²) in [5.41, 5.74) is 4.45. The van der Waals surface area contributed by atoms with Crippen LogP contribution in [0.25, 0.3) is 0 Å². The van der Waals surface area contributed by atoms with Gasteiger partial charge in [-0.2, -0.15) is 0 Å². The van der Waals surface area contributed by atoms with E-state index in [1.807, 2.05) is 24.3 Å². The Morgan fingerprint density at radius 3 is 2.00 bits per heavy atom. The second kappa shape index (κ2) is 7.32. The number of amides is 1. The third kappa shape index (κ3) is 5.13. The predicted molar refractivity (Wildman–Crippen MR) is 98.1 cm³/mol. The van der Waals surface area contributed by atoms with E-state index in [-0.39, 0.29) is 17.9 Å². The average Bonchev–Trinajstić information content (AvgIpc) is 2.53. The minimum atomic E-state index is -0.0481. The molecule has 3 nitrogen and oxygen atoms in total. The van der Waals surface area contributed by atoms with Crippen molar-refractivity contribution < 1.29 is 4.79 Å². The average molecular weight is 310 g/mol. The molecule has 0 saturated carbocycles. The van der Waals surface area contributed by atoms with E-state index >= 15 is 0 Å². The van der Waals surface area contributed by atoms with Crippen LogP contribution in [0.15, 0.2) is 48.5 Å². The molecular weight excluding hydrogens is 284 g/mol. The van der Waals surface area contributed by atoms with Crippen molar-refractivity contribution in [1.29, 1.82) is 0 Å². The first-order chi connectivity index (χ1) is 10.9. The Bertz CT molecular complexity index is 637. The lowest BCUT2D eigenvalue weighted by atomic mass is 9.87. The smallest absolute Gasteiger partial charge is 0.243 e. The minimum absolute atomic E-state index is 0.0481. The number of rotatable bonds is 5. The molecule has 1 amide bonds. The van der Waals surface area contributed by atoms with Crippen LogP contribution in [-0.4, -0.2) is 12.5 Å². The highest BCUT2D eigenvalue weighted by Crippen LogP contribution is 2.23. The van der Waals surface area contributed by atoms with Crippen LogP contribution in [0, 0.1) is 0 Å². The Kier molecular flexibility index (Phi) is 5.43. The van der Waals surface area contributed by atoms with Crippen LogP contribution in [0.2, 0.25) is 0 Å². The Labute approximate surface area is 139 Å². The molecule has 122 valence electrons. The number of carbonyl (C=O) groups excluding carboxylic acids is 1. The Hall–Kier alpha value is -2.29. The summed E-state index contributed by atoms with van der Waals surface area (Å²) in [5.74, 6) is -0.0481. The first-order valence-electron chi connectivity index (χ1n) is 8.11. The Morgan fingerprint density at radius 2 is 1.48 bits per heavy atom. The molecule has 0 radical (unpaired) electrons. The van der Waals surface area contributed by atoms with Gasteiger partial charge in [0.25, 0.3) is 0 Å². The van der Waals surface area contributed by atoms with Crippen LogP contribution in [0.5, 0.6) is 0 Å². The first-order valence-corrected chi connectivity index (χ1v) is 8.11. The van der Waals surface area contributed by atoms with Crippen LogP contribution in [0.3, 0.4) is 0 Å². The zero-order valence-corrected chi connectivity index (χ0v) is 14.4. The molecule has 0 aliphatic carbocycles. The summed E-state index contributed by atoms with van der Waals surface area (Å²) in [5, 5.41) is 6.05. The number of hydrogen-bond acceptors (Lipinski definition) is 2. The van der Waals surface area contributed by atoms with Gasteiger partial charge < -0.3 is 10.6 Å². The first kappa shape index (κ1) is 17.1. The quantitative estimate of drug-likeness (QED) is 0.847. The second-order valence-corrected chi connectivity index (χ2v) is 6.78. The molecule has 2 N–H and O–H groups in total. The Balaban J connectivity index is 1.86. The van der Waals surface area contributed by atoms with Crippen molar-refractivity contribution in [2.24, 2.45) is 0 Å². The normalized spacial score (nSPS) is 11.1. The topological polar surface area (TPSA) is 41.1 Å². The standard InChI is InChI=1S/C20H26N2O/c1-5-15-6-10-17(11-7-15)21-14-19(23)22-18-12-8-16(9-13-18)20(2,3)4/h6-13,21H,5,14H2,1-4H3,(H,22,23). The number of aryl methyl sites for hydroxylation is 1. The highest BCUT2D eigenvalue weighted by molar-refractivity contribution is 5.93. The highest BCUT2D eigenvalue weighted by Gasteiger charge is 2.13. The van der Waals surface area contributed by atoms with Gasteiger partial charge in [-0.05, 0) is 47.2 Å². The maximum atomic E-state index is 12.0. The molecule has 2 aromatic rings. The number of benzene rings is 2. The number of carbonyl (C=O) groups is 1. The van der Waals surface area contributed by atoms with Gasteiger partial charge in [0.15, 0.2) is 0 Å². The SMILES string of the molecule is CCc1ccc(NCC(=O)Nc2ccc(C(C)(C)C)cc2)cc1. The van der Waals surface area contributed by atoms with Gasteiger partial charge in [-0.15, -0.1) is 0 Å². The van der Waals surface area contributed by atoms with E-state index in [9.17, 15) is 4.79 Å². The molecule has 2 aromatic carbocycles. The fraction of sp³-hybridized carbons (Fsp3) is 0.350. The van der Waals surface area contributed by atoms with Crippen LogP contribution < -0.4 is 10.6 Å². The van der Waals surface area contributed by atoms with Crippen LogP contribution in [0.4, 0.5) is 11.4 Å². The van der Waals surface area contributed by atoms with E-state index in [0.29, 0.717) is 0 Å². The molecule has 3 heteroatoms. The molecule has 2 rings (SSSR count). The van der Waals surface area contributed by atoms with Crippen molar-refractivity contribution in [1.82, 2.24) is 0 Å². The van der Waals surface area contributed by atoms with Gasteiger partial charge in [0.2, 0.25) is 5.91 Å². The van der Waals surface area contributed by atoms with E-state index < -0.39 is 0 Å². The van der Waals surface area contributed by atoms with Gasteiger partial charge in [0.1, 0.15) is 0 Å². The molecule has 0 spiro atoms. The van der Waals surface area contributed by atoms with Crippen molar-refractivity contribution >= 4 is 17.3 Å². The van der Waals surface area contributed by atoms with E-state index in [2.05, 4.69) is 62.6 Å². The number of nitrogens with one attached hydrogen (secondary N) is 2. The van der Waals surface area contributed by atoms with Crippen molar-refractivity contribution in [2.45, 2.75) is 39.5 Å². The molecule has 0 aromatic heterocycles. The Morgan fingerprint density at radius 1 is 0.913 bits per heavy atom. The van der Waals surface area contributed by atoms with Crippen molar-refractivity contribution in [3.8, 4) is 0 Å². The van der Waals surface area contributed by atoms with Gasteiger partial charge in [-0.3, -0.25) is 4.79 Å². The van der Waals surface area contributed by atoms with Crippen molar-refractivity contribution in [3.63, 3.8) is 0 Å². The molecule has 0 aliphatic rings. The minimum Gasteiger partial charge on any atom is -0.376 e. The summed E-state index contributed by atoms with van der Waals surface area (Å²) >= 11 is 0. The summed E-state index contributed by atoms with van der Waals surface area (Å²) < 4.78 is 0. The lowest BCUT2D eigenvalue weighted by Crippen LogP contribution is -2.21. The van der Waals surface area contributed by atoms with Crippen LogP contribution in [0.1, 0.15) is 38.8 Å².